The summed E-state index contributed by atoms with van der Waals surface area (Å²) in [4.78, 5) is 62.1. The van der Waals surface area contributed by atoms with Gasteiger partial charge in [0.05, 0.1) is 24.3 Å². The van der Waals surface area contributed by atoms with Crippen LogP contribution in [-0.4, -0.2) is 87.1 Å². The Morgan fingerprint density at radius 1 is 1.10 bits per heavy atom. The van der Waals surface area contributed by atoms with Gasteiger partial charge >= 0.3 is 5.97 Å². The molecule has 7 N–H and O–H groups in total. The van der Waals surface area contributed by atoms with E-state index in [1.54, 1.807) is 12.1 Å². The summed E-state index contributed by atoms with van der Waals surface area (Å²) in [5.74, 6) is -3.01. The number of carbonyl (C=O) groups is 4. The van der Waals surface area contributed by atoms with E-state index >= 15 is 0 Å². The van der Waals surface area contributed by atoms with Crippen LogP contribution in [0.5, 0.6) is 5.75 Å². The predicted molar refractivity (Wildman–Crippen MR) is 153 cm³/mol. The molecule has 1 aromatic carbocycles. The Bertz CT molecular complexity index is 1110. The number of aromatic hydroxyl groups is 1. The highest BCUT2D eigenvalue weighted by Crippen LogP contribution is 2.17. The minimum Gasteiger partial charge on any atom is -0.508 e. The van der Waals surface area contributed by atoms with Gasteiger partial charge in [-0.2, -0.15) is 11.8 Å². The number of nitrogens with zero attached hydrogens (tertiary/aromatic N) is 2. The summed E-state index contributed by atoms with van der Waals surface area (Å²) < 4.78 is 0. The van der Waals surface area contributed by atoms with Crippen LogP contribution in [0.25, 0.3) is 0 Å². The number of amides is 2. The Hall–Kier alpha value is -3.71. The molecule has 2 aromatic rings. The molecule has 0 spiro atoms. The third kappa shape index (κ3) is 11.2. The number of aliphatic carboxylic acids is 1. The van der Waals surface area contributed by atoms with Gasteiger partial charge in [0.15, 0.2) is 5.78 Å². The quantitative estimate of drug-likeness (QED) is 0.105. The number of imidazole rings is 1. The minimum atomic E-state index is -1.16. The predicted octanol–water partition coefficient (Wildman–Crippen LogP) is 1.09. The van der Waals surface area contributed by atoms with Crippen LogP contribution in [0.4, 0.5) is 0 Å². The lowest BCUT2D eigenvalue weighted by Crippen LogP contribution is -2.50. The molecule has 0 saturated heterocycles. The summed E-state index contributed by atoms with van der Waals surface area (Å²) in [5.41, 5.74) is 7.31. The number of phenolic OH excluding ortho intramolecular Hbond substituents is 1. The molecule has 12 nitrogen and oxygen atoms in total. The maximum Gasteiger partial charge on any atom is 0.326 e. The first-order chi connectivity index (χ1) is 19.1. The fourth-order valence-electron chi connectivity index (χ4n) is 4.03. The standard InChI is InChI=1S/C27H38N6O6S/c1-29-10-3-4-21(28)26(37)33-23(12-17-5-7-20(34)8-6-17)24(35)14-18(13-19-15-30-16-31-19)25(36)32-22(27(38)39)9-11-40-2/h5-8,15-16,18,21-23,34H,1,3-4,9-14,28H2,2H3,(H,30,31)(H,32,36)(H,33,37)(H,38,39). The van der Waals surface area contributed by atoms with Gasteiger partial charge in [-0.25, -0.2) is 9.78 Å². The second kappa shape index (κ2) is 17.1. The zero-order valence-electron chi connectivity index (χ0n) is 22.5. The summed E-state index contributed by atoms with van der Waals surface area (Å²) in [7, 11) is 0. The molecule has 40 heavy (non-hydrogen) atoms. The SMILES string of the molecule is C=NCCCC(N)C(=O)NC(Cc1ccc(O)cc1)C(=O)CC(Cc1cnc[nH]1)C(=O)NC(CCSC)C(=O)O. The van der Waals surface area contributed by atoms with Gasteiger partial charge in [0.2, 0.25) is 11.8 Å². The average Bonchev–Trinajstić information content (AvgIpc) is 3.44. The zero-order valence-corrected chi connectivity index (χ0v) is 23.4. The van der Waals surface area contributed by atoms with Gasteiger partial charge < -0.3 is 36.6 Å². The molecule has 1 aromatic heterocycles. The van der Waals surface area contributed by atoms with E-state index in [4.69, 9.17) is 5.73 Å². The van der Waals surface area contributed by atoms with Crippen molar-refractivity contribution in [3.8, 4) is 5.75 Å². The average molecular weight is 575 g/mol. The first kappa shape index (κ1) is 32.5. The van der Waals surface area contributed by atoms with Crippen molar-refractivity contribution >= 4 is 42.0 Å². The highest BCUT2D eigenvalue weighted by Gasteiger charge is 2.31. The topological polar surface area (TPSA) is 200 Å². The Morgan fingerprint density at radius 3 is 2.40 bits per heavy atom. The smallest absolute Gasteiger partial charge is 0.326 e. The molecule has 13 heteroatoms. The number of H-pyrrole nitrogens is 1. The Kier molecular flexibility index (Phi) is 13.9. The van der Waals surface area contributed by atoms with E-state index in [0.29, 0.717) is 36.4 Å². The molecule has 1 heterocycles. The second-order valence-electron chi connectivity index (χ2n) is 9.46. The van der Waals surface area contributed by atoms with Gasteiger partial charge in [-0.05, 0) is 62.1 Å². The van der Waals surface area contributed by atoms with Gasteiger partial charge in [0.25, 0.3) is 0 Å². The number of benzene rings is 1. The molecule has 0 radical (unpaired) electrons. The number of aromatic amines is 1. The number of carbonyl (C=O) groups excluding carboxylic acids is 3. The van der Waals surface area contributed by atoms with E-state index in [9.17, 15) is 29.4 Å². The van der Waals surface area contributed by atoms with E-state index in [1.165, 1.54) is 36.4 Å². The number of aromatic nitrogens is 2. The molecule has 2 rings (SSSR count). The van der Waals surface area contributed by atoms with Gasteiger partial charge in [0.1, 0.15) is 11.8 Å². The monoisotopic (exact) mass is 574 g/mol. The molecule has 0 aliphatic heterocycles. The van der Waals surface area contributed by atoms with Gasteiger partial charge in [0, 0.05) is 31.3 Å². The summed E-state index contributed by atoms with van der Waals surface area (Å²) in [6, 6.07) is 3.24. The number of nitrogens with two attached hydrogens (primary N) is 1. The molecular formula is C27H38N6O6S. The second-order valence-corrected chi connectivity index (χ2v) is 10.4. The van der Waals surface area contributed by atoms with Crippen molar-refractivity contribution in [3.05, 3.63) is 48.0 Å². The van der Waals surface area contributed by atoms with Crippen molar-refractivity contribution in [2.45, 2.75) is 56.7 Å². The van der Waals surface area contributed by atoms with Crippen LogP contribution in [-0.2, 0) is 32.0 Å². The lowest BCUT2D eigenvalue weighted by Gasteiger charge is -2.24. The maximum atomic E-state index is 13.6. The molecular weight excluding hydrogens is 536 g/mol. The van der Waals surface area contributed by atoms with Crippen molar-refractivity contribution in [2.24, 2.45) is 16.6 Å². The van der Waals surface area contributed by atoms with Crippen LogP contribution in [0.2, 0.25) is 0 Å². The van der Waals surface area contributed by atoms with E-state index in [-0.39, 0.29) is 31.4 Å². The summed E-state index contributed by atoms with van der Waals surface area (Å²) in [6.45, 7) is 3.86. The molecule has 4 unspecified atom stereocenters. The lowest BCUT2D eigenvalue weighted by atomic mass is 9.90. The van der Waals surface area contributed by atoms with Crippen LogP contribution in [0, 0.1) is 5.92 Å². The Balaban J connectivity index is 2.25. The molecule has 218 valence electrons. The van der Waals surface area contributed by atoms with Crippen molar-refractivity contribution in [1.82, 2.24) is 20.6 Å². The molecule has 0 aliphatic carbocycles. The zero-order chi connectivity index (χ0) is 29.5. The fraction of sp³-hybridized carbons (Fsp3) is 0.481. The Labute approximate surface area is 237 Å². The van der Waals surface area contributed by atoms with E-state index < -0.39 is 47.6 Å². The van der Waals surface area contributed by atoms with E-state index in [0.717, 1.165) is 0 Å². The van der Waals surface area contributed by atoms with Crippen LogP contribution >= 0.6 is 11.8 Å². The number of thioether (sulfide) groups is 1. The molecule has 0 fully saturated rings. The lowest BCUT2D eigenvalue weighted by molar-refractivity contribution is -0.142. The van der Waals surface area contributed by atoms with Crippen molar-refractivity contribution in [3.63, 3.8) is 0 Å². The fourth-order valence-corrected chi connectivity index (χ4v) is 4.50. The molecule has 0 bridgehead atoms. The summed E-state index contributed by atoms with van der Waals surface area (Å²) >= 11 is 1.46. The normalized spacial score (nSPS) is 13.9. The highest BCUT2D eigenvalue weighted by molar-refractivity contribution is 7.98. The number of carboxylic acids is 1. The Morgan fingerprint density at radius 2 is 1.80 bits per heavy atom. The highest BCUT2D eigenvalue weighted by atomic mass is 32.2. The van der Waals surface area contributed by atoms with E-state index in [1.807, 2.05) is 6.26 Å². The maximum absolute atomic E-state index is 13.6. The number of hydrogen-bond donors (Lipinski definition) is 6. The third-order valence-corrected chi connectivity index (χ3v) is 6.96. The first-order valence-electron chi connectivity index (χ1n) is 12.9. The van der Waals surface area contributed by atoms with Crippen LogP contribution in [0.15, 0.2) is 41.8 Å². The molecule has 0 saturated carbocycles. The van der Waals surface area contributed by atoms with Crippen LogP contribution in [0.1, 0.15) is 36.9 Å². The first-order valence-corrected chi connectivity index (χ1v) is 14.3. The van der Waals surface area contributed by atoms with Crippen molar-refractivity contribution in [1.29, 1.82) is 0 Å². The van der Waals surface area contributed by atoms with Gasteiger partial charge in [-0.15, -0.1) is 0 Å². The number of Topliss-reactive ketones (excluding diaryl/α,β-unsaturated/α-hetero) is 1. The summed E-state index contributed by atoms with van der Waals surface area (Å²) in [5, 5.41) is 24.5. The largest absolute Gasteiger partial charge is 0.508 e. The molecule has 4 atom stereocenters. The van der Waals surface area contributed by atoms with Crippen LogP contribution < -0.4 is 16.4 Å². The number of rotatable bonds is 19. The molecule has 2 amide bonds. The number of nitrogens with one attached hydrogen (secondary N) is 3. The van der Waals surface area contributed by atoms with Gasteiger partial charge in [-0.1, -0.05) is 12.1 Å². The number of ketones is 1. The van der Waals surface area contributed by atoms with Gasteiger partial charge in [-0.3, -0.25) is 14.4 Å². The van der Waals surface area contributed by atoms with Crippen LogP contribution in [0.3, 0.4) is 0 Å². The van der Waals surface area contributed by atoms with E-state index in [2.05, 4.69) is 32.3 Å². The summed E-state index contributed by atoms with van der Waals surface area (Å²) in [6.07, 6.45) is 5.90. The third-order valence-electron chi connectivity index (χ3n) is 6.31. The van der Waals surface area contributed by atoms with Crippen molar-refractivity contribution < 1.29 is 29.4 Å². The number of phenols is 1. The number of aliphatic imine (C=N–C) groups is 1. The van der Waals surface area contributed by atoms with Crippen molar-refractivity contribution in [2.75, 3.05) is 18.6 Å². The number of carboxylic acid groups (broad SMARTS) is 1. The number of hydrogen-bond acceptors (Lipinski definition) is 9. The minimum absolute atomic E-state index is 0.0549. The molecule has 0 aliphatic rings.